The molecule has 9 aromatic rings. The fourth-order valence-electron chi connectivity index (χ4n) is 9.81. The van der Waals surface area contributed by atoms with Crippen LogP contribution in [-0.2, 0) is 19.5 Å². The van der Waals surface area contributed by atoms with Gasteiger partial charge in [0.2, 0.25) is 0 Å². The molecular weight excluding hydrogens is 857 g/mol. The van der Waals surface area contributed by atoms with Crippen molar-refractivity contribution >= 4 is 55.6 Å². The zero-order chi connectivity index (χ0) is 45.5. The van der Waals surface area contributed by atoms with Crippen molar-refractivity contribution in [2.24, 2.45) is 11.8 Å². The number of aromatic nitrogens is 10. The van der Waals surface area contributed by atoms with Crippen LogP contribution in [0.15, 0.2) is 127 Å². The van der Waals surface area contributed by atoms with E-state index in [4.69, 9.17) is 9.47 Å². The maximum absolute atomic E-state index is 13.4. The van der Waals surface area contributed by atoms with E-state index < -0.39 is 10.0 Å². The molecule has 2 saturated carbocycles. The van der Waals surface area contributed by atoms with Crippen LogP contribution in [0.2, 0.25) is 0 Å². The Morgan fingerprint density at radius 1 is 0.652 bits per heavy atom. The predicted molar refractivity (Wildman–Crippen MR) is 245 cm³/mol. The van der Waals surface area contributed by atoms with Crippen molar-refractivity contribution in [2.75, 3.05) is 0 Å². The molecule has 6 heterocycles. The van der Waals surface area contributed by atoms with Gasteiger partial charge in [-0.3, -0.25) is 8.80 Å². The van der Waals surface area contributed by atoms with E-state index in [0.29, 0.717) is 40.3 Å². The van der Waals surface area contributed by atoms with Gasteiger partial charge in [0.05, 0.1) is 39.4 Å². The molecule has 6 unspecified atom stereocenters. The second kappa shape index (κ2) is 17.6. The average molecular weight is 905 g/mol. The molecule has 0 saturated heterocycles. The molecule has 11 rings (SSSR count). The summed E-state index contributed by atoms with van der Waals surface area (Å²) in [6.45, 7) is 6.20. The number of benzene rings is 3. The molecule has 6 atom stereocenters. The van der Waals surface area contributed by atoms with Crippen LogP contribution in [0.25, 0.3) is 33.6 Å². The molecule has 3 aromatic carbocycles. The summed E-state index contributed by atoms with van der Waals surface area (Å²) >= 11 is 0. The Morgan fingerprint density at radius 3 is 1.73 bits per heavy atom. The van der Waals surface area contributed by atoms with E-state index in [1.165, 1.54) is 10.2 Å². The molecule has 6 aromatic heterocycles. The molecule has 336 valence electrons. The van der Waals surface area contributed by atoms with Crippen molar-refractivity contribution in [3.8, 4) is 0 Å². The number of H-pyrrole nitrogens is 1. The van der Waals surface area contributed by atoms with Gasteiger partial charge in [0.25, 0.3) is 10.0 Å². The second-order valence-corrected chi connectivity index (χ2v) is 19.0. The van der Waals surface area contributed by atoms with Crippen LogP contribution in [0.5, 0.6) is 0 Å². The number of carbonyl (C=O) groups excluding carboxylic acids is 2. The van der Waals surface area contributed by atoms with E-state index in [1.807, 2.05) is 60.0 Å². The molecule has 2 aliphatic rings. The normalized spacial score (nSPS) is 20.8. The summed E-state index contributed by atoms with van der Waals surface area (Å²) in [5, 5.41) is 17.7. The number of nitrogens with zero attached hydrogens (tertiary/aromatic N) is 9. The van der Waals surface area contributed by atoms with Gasteiger partial charge in [-0.2, -0.15) is 0 Å². The van der Waals surface area contributed by atoms with Gasteiger partial charge in [-0.1, -0.05) is 80.8 Å². The van der Waals surface area contributed by atoms with Crippen LogP contribution in [-0.4, -0.2) is 80.7 Å². The number of carbonyl (C=O) groups is 2. The minimum atomic E-state index is -3.84. The summed E-state index contributed by atoms with van der Waals surface area (Å²) in [7, 11) is -3.84. The summed E-state index contributed by atoms with van der Waals surface area (Å²) in [5.74, 6) is 1.86. The van der Waals surface area contributed by atoms with Crippen molar-refractivity contribution in [1.29, 1.82) is 0 Å². The molecule has 17 heteroatoms. The van der Waals surface area contributed by atoms with E-state index in [1.54, 1.807) is 67.0 Å². The van der Waals surface area contributed by atoms with Gasteiger partial charge in [0, 0.05) is 24.2 Å². The molecule has 0 spiro atoms. The quantitative estimate of drug-likeness (QED) is 0.129. The minimum Gasteiger partial charge on any atom is -0.459 e. The number of rotatable bonds is 10. The Labute approximate surface area is 380 Å². The topological polar surface area (TPSA) is 194 Å². The summed E-state index contributed by atoms with van der Waals surface area (Å²) in [5.41, 5.74) is 6.07. The van der Waals surface area contributed by atoms with E-state index in [2.05, 4.69) is 53.6 Å². The fourth-order valence-corrected chi connectivity index (χ4v) is 11.1. The number of esters is 2. The SMILES string of the molecule is CCC1CC(OC(=O)c2ccccc2)CC1c1nnc2cnc3[nH]ccc3n12.CCC1CC(OC(=O)c2ccccc2)CC1c1nnc2cnc3c(ccn3S(=O)(=O)c3ccc(C)cc3)n12. The highest BCUT2D eigenvalue weighted by Gasteiger charge is 2.41. The van der Waals surface area contributed by atoms with Gasteiger partial charge < -0.3 is 14.5 Å². The first kappa shape index (κ1) is 42.7. The number of hydrogen-bond acceptors (Lipinski definition) is 12. The molecule has 16 nitrogen and oxygen atoms in total. The lowest BCUT2D eigenvalue weighted by atomic mass is 9.93. The molecular formula is C49H48N10O6S. The number of nitrogens with one attached hydrogen (secondary N) is 1. The van der Waals surface area contributed by atoms with Crippen LogP contribution >= 0.6 is 0 Å². The van der Waals surface area contributed by atoms with E-state index in [9.17, 15) is 18.0 Å². The smallest absolute Gasteiger partial charge is 0.338 e. The van der Waals surface area contributed by atoms with Crippen LogP contribution in [0.3, 0.4) is 0 Å². The summed E-state index contributed by atoms with van der Waals surface area (Å²) in [6, 6.07) is 28.6. The Morgan fingerprint density at radius 2 is 1.18 bits per heavy atom. The highest BCUT2D eigenvalue weighted by Crippen LogP contribution is 2.44. The number of hydrogen-bond donors (Lipinski definition) is 1. The molecule has 0 amide bonds. The summed E-state index contributed by atoms with van der Waals surface area (Å²) < 4.78 is 43.7. The van der Waals surface area contributed by atoms with Gasteiger partial charge >= 0.3 is 11.9 Å². The molecule has 66 heavy (non-hydrogen) atoms. The van der Waals surface area contributed by atoms with Crippen LogP contribution in [0.4, 0.5) is 0 Å². The molecule has 1 N–H and O–H groups in total. The van der Waals surface area contributed by atoms with E-state index in [-0.39, 0.29) is 46.8 Å². The Bertz CT molecular complexity index is 3310. The number of ether oxygens (including phenoxy) is 2. The fraction of sp³-hybridized carbons (Fsp3) is 0.306. The Kier molecular flexibility index (Phi) is 11.4. The van der Waals surface area contributed by atoms with Crippen molar-refractivity contribution in [3.05, 3.63) is 150 Å². The largest absolute Gasteiger partial charge is 0.459 e. The molecule has 2 aliphatic carbocycles. The van der Waals surface area contributed by atoms with E-state index >= 15 is 0 Å². The molecule has 2 fully saturated rings. The zero-order valence-electron chi connectivity index (χ0n) is 36.6. The lowest BCUT2D eigenvalue weighted by Gasteiger charge is -2.16. The first-order chi connectivity index (χ1) is 32.1. The van der Waals surface area contributed by atoms with Gasteiger partial charge in [-0.05, 0) is 93.0 Å². The maximum atomic E-state index is 13.4. The van der Waals surface area contributed by atoms with Gasteiger partial charge in [-0.25, -0.2) is 31.9 Å². The highest BCUT2D eigenvalue weighted by molar-refractivity contribution is 7.90. The van der Waals surface area contributed by atoms with Gasteiger partial charge in [0.1, 0.15) is 23.9 Å². The number of aryl methyl sites for hydroxylation is 1. The van der Waals surface area contributed by atoms with Crippen molar-refractivity contribution in [3.63, 3.8) is 0 Å². The Balaban J connectivity index is 0.000000162. The number of aromatic amines is 1. The first-order valence-corrected chi connectivity index (χ1v) is 23.8. The minimum absolute atomic E-state index is 0.00812. The first-order valence-electron chi connectivity index (χ1n) is 22.3. The van der Waals surface area contributed by atoms with Crippen LogP contribution in [0.1, 0.15) is 102 Å². The zero-order valence-corrected chi connectivity index (χ0v) is 37.5. The molecule has 0 radical (unpaired) electrons. The monoisotopic (exact) mass is 904 g/mol. The standard InChI is InChI=1S/C28H27N5O4S.C21H21N5O2/c1-3-19-15-21(37-28(34)20-7-5-4-6-8-20)16-23(19)26-31-30-25-17-29-27-24(33(25)26)13-14-32(27)38(35,36)22-11-9-18(2)10-12-22;1-2-13-10-15(28-21(27)14-6-4-3-5-7-14)11-16(13)20-25-24-18-12-23-19-17(26(18)20)8-9-22-19/h4-14,17,19,21,23H,3,15-16H2,1-2H3;3-9,12-13,15-16,22H,2,10-11H2,1H3. The second-order valence-electron chi connectivity index (χ2n) is 17.1. The van der Waals surface area contributed by atoms with Crippen molar-refractivity contribution < 1.29 is 27.5 Å². The average Bonchev–Trinajstić information content (AvgIpc) is 4.21. The Hall–Kier alpha value is -7.27. The summed E-state index contributed by atoms with van der Waals surface area (Å²) in [6.07, 6.45) is 11.1. The van der Waals surface area contributed by atoms with Gasteiger partial charge in [0.15, 0.2) is 22.6 Å². The lowest BCUT2D eigenvalue weighted by molar-refractivity contribution is 0.0297. The molecule has 0 bridgehead atoms. The third-order valence-electron chi connectivity index (χ3n) is 13.2. The van der Waals surface area contributed by atoms with Crippen LogP contribution < -0.4 is 0 Å². The lowest BCUT2D eigenvalue weighted by Crippen LogP contribution is -2.15. The highest BCUT2D eigenvalue weighted by atomic mass is 32.2. The van der Waals surface area contributed by atoms with Crippen molar-refractivity contribution in [2.45, 2.75) is 88.2 Å². The predicted octanol–water partition coefficient (Wildman–Crippen LogP) is 8.49. The third kappa shape index (κ3) is 7.86. The third-order valence-corrected chi connectivity index (χ3v) is 14.9. The maximum Gasteiger partial charge on any atom is 0.338 e. The molecule has 0 aliphatic heterocycles. The van der Waals surface area contributed by atoms with Gasteiger partial charge in [-0.15, -0.1) is 20.4 Å². The van der Waals surface area contributed by atoms with Crippen molar-refractivity contribution in [1.82, 2.24) is 48.1 Å². The van der Waals surface area contributed by atoms with E-state index in [0.717, 1.165) is 66.1 Å². The number of fused-ring (bicyclic) bond motifs is 6. The van der Waals surface area contributed by atoms with Crippen LogP contribution in [0, 0.1) is 18.8 Å². The summed E-state index contributed by atoms with van der Waals surface area (Å²) in [4.78, 5) is 37.3.